The number of aryl methyl sites for hydroxylation is 1. The molecule has 0 unspecified atom stereocenters. The number of carboxylic acid groups (broad SMARTS) is 1. The first kappa shape index (κ1) is 16.0. The second-order valence-corrected chi connectivity index (χ2v) is 6.00. The molecular formula is C19H16N2O5. The average Bonchev–Trinajstić information content (AvgIpc) is 3.18. The predicted molar refractivity (Wildman–Crippen MR) is 94.8 cm³/mol. The van der Waals surface area contributed by atoms with E-state index in [1.165, 1.54) is 0 Å². The molecule has 4 rings (SSSR count). The Balaban J connectivity index is 1.63. The van der Waals surface area contributed by atoms with E-state index < -0.39 is 5.97 Å². The van der Waals surface area contributed by atoms with Gasteiger partial charge in [-0.1, -0.05) is 18.2 Å². The Bertz CT molecular complexity index is 1040. The number of para-hydroxylation sites is 1. The number of nitrogens with zero attached hydrogens (tertiary/aromatic N) is 1. The number of carboxylic acids is 1. The van der Waals surface area contributed by atoms with Crippen LogP contribution in [0.25, 0.3) is 10.9 Å². The molecule has 1 aliphatic rings. The lowest BCUT2D eigenvalue weighted by molar-refractivity contribution is -0.115. The Morgan fingerprint density at radius 1 is 1.15 bits per heavy atom. The lowest BCUT2D eigenvalue weighted by atomic mass is 10.1. The van der Waals surface area contributed by atoms with Gasteiger partial charge in [0.2, 0.25) is 12.7 Å². The molecule has 2 aromatic carbocycles. The molecule has 0 atom stereocenters. The van der Waals surface area contributed by atoms with Crippen molar-refractivity contribution in [2.45, 2.75) is 6.42 Å². The number of fused-ring (bicyclic) bond motifs is 2. The number of nitrogens with one attached hydrogen (secondary N) is 1. The number of hydrogen-bond acceptors (Lipinski definition) is 4. The lowest BCUT2D eigenvalue weighted by Crippen LogP contribution is -2.17. The maximum Gasteiger partial charge on any atom is 0.352 e. The van der Waals surface area contributed by atoms with Crippen molar-refractivity contribution in [2.75, 3.05) is 12.1 Å². The molecule has 0 fully saturated rings. The number of benzene rings is 2. The zero-order valence-corrected chi connectivity index (χ0v) is 14.0. The Morgan fingerprint density at radius 3 is 2.73 bits per heavy atom. The maximum absolute atomic E-state index is 12.5. The highest BCUT2D eigenvalue weighted by atomic mass is 16.7. The van der Waals surface area contributed by atoms with E-state index in [-0.39, 0.29) is 24.8 Å². The van der Waals surface area contributed by atoms with Crippen LogP contribution >= 0.6 is 0 Å². The summed E-state index contributed by atoms with van der Waals surface area (Å²) in [7, 11) is 1.69. The van der Waals surface area contributed by atoms with Crippen molar-refractivity contribution in [3.8, 4) is 11.5 Å². The third kappa shape index (κ3) is 2.63. The van der Waals surface area contributed by atoms with Crippen LogP contribution in [0.4, 0.5) is 5.69 Å². The van der Waals surface area contributed by atoms with Crippen LogP contribution in [0.5, 0.6) is 11.5 Å². The fourth-order valence-corrected chi connectivity index (χ4v) is 3.26. The molecule has 2 N–H and O–H groups in total. The summed E-state index contributed by atoms with van der Waals surface area (Å²) in [5, 5.41) is 13.1. The summed E-state index contributed by atoms with van der Waals surface area (Å²) in [6.45, 7) is 0.157. The molecule has 0 bridgehead atoms. The van der Waals surface area contributed by atoms with Gasteiger partial charge < -0.3 is 24.5 Å². The second kappa shape index (κ2) is 6.11. The van der Waals surface area contributed by atoms with Crippen LogP contribution < -0.4 is 14.8 Å². The molecule has 0 saturated carbocycles. The van der Waals surface area contributed by atoms with E-state index in [0.717, 1.165) is 10.9 Å². The van der Waals surface area contributed by atoms with E-state index in [0.29, 0.717) is 22.7 Å². The molecule has 3 aromatic rings. The summed E-state index contributed by atoms with van der Waals surface area (Å²) in [5.74, 6) is -0.165. The fraction of sp³-hybridized carbons (Fsp3) is 0.158. The highest BCUT2D eigenvalue weighted by molar-refractivity contribution is 6.02. The minimum absolute atomic E-state index is 0.0442. The molecule has 132 valence electrons. The number of aromatic nitrogens is 1. The van der Waals surface area contributed by atoms with Crippen molar-refractivity contribution in [2.24, 2.45) is 7.05 Å². The molecule has 7 heteroatoms. The van der Waals surface area contributed by atoms with Gasteiger partial charge in [-0.25, -0.2) is 4.79 Å². The van der Waals surface area contributed by atoms with Gasteiger partial charge in [0.1, 0.15) is 5.69 Å². The van der Waals surface area contributed by atoms with E-state index in [1.54, 1.807) is 29.8 Å². The van der Waals surface area contributed by atoms with Crippen molar-refractivity contribution in [3.63, 3.8) is 0 Å². The zero-order chi connectivity index (χ0) is 18.3. The SMILES string of the molecule is Cn1c(C(=O)O)c(CC(=O)Nc2ccc3c(c2)OCO3)c2ccccc21. The van der Waals surface area contributed by atoms with Crippen molar-refractivity contribution in [1.29, 1.82) is 0 Å². The Kier molecular flexibility index (Phi) is 3.76. The number of amides is 1. The number of anilines is 1. The van der Waals surface area contributed by atoms with Crippen LogP contribution in [-0.2, 0) is 18.3 Å². The molecule has 0 saturated heterocycles. The standard InChI is InChI=1S/C19H16N2O5/c1-21-14-5-3-2-4-12(14)13(18(21)19(23)24)9-17(22)20-11-6-7-15-16(8-11)26-10-25-15/h2-8H,9-10H2,1H3,(H,20,22)(H,23,24). The number of carbonyl (C=O) groups is 2. The minimum atomic E-state index is -1.06. The number of hydrogen-bond donors (Lipinski definition) is 2. The summed E-state index contributed by atoms with van der Waals surface area (Å²) in [6, 6.07) is 12.4. The van der Waals surface area contributed by atoms with Gasteiger partial charge in [-0.3, -0.25) is 4.79 Å². The normalized spacial score (nSPS) is 12.3. The van der Waals surface area contributed by atoms with Gasteiger partial charge in [0.05, 0.1) is 6.42 Å². The zero-order valence-electron chi connectivity index (χ0n) is 14.0. The monoisotopic (exact) mass is 352 g/mol. The molecule has 0 radical (unpaired) electrons. The summed E-state index contributed by atoms with van der Waals surface area (Å²) in [6.07, 6.45) is -0.0442. The minimum Gasteiger partial charge on any atom is -0.477 e. The Labute approximate surface area is 148 Å². The van der Waals surface area contributed by atoms with Gasteiger partial charge in [-0.05, 0) is 18.2 Å². The molecule has 0 spiro atoms. The maximum atomic E-state index is 12.5. The highest BCUT2D eigenvalue weighted by Crippen LogP contribution is 2.34. The number of rotatable bonds is 4. The third-order valence-electron chi connectivity index (χ3n) is 4.41. The van der Waals surface area contributed by atoms with Gasteiger partial charge in [0.25, 0.3) is 0 Å². The van der Waals surface area contributed by atoms with Gasteiger partial charge in [0, 0.05) is 35.3 Å². The summed E-state index contributed by atoms with van der Waals surface area (Å²) < 4.78 is 12.1. The molecule has 7 nitrogen and oxygen atoms in total. The largest absolute Gasteiger partial charge is 0.477 e. The van der Waals surface area contributed by atoms with Crippen LogP contribution in [0.1, 0.15) is 16.1 Å². The molecule has 1 amide bonds. The van der Waals surface area contributed by atoms with E-state index in [1.807, 2.05) is 24.3 Å². The molecule has 1 aromatic heterocycles. The number of carbonyl (C=O) groups excluding carboxylic acids is 1. The van der Waals surface area contributed by atoms with E-state index in [2.05, 4.69) is 5.32 Å². The van der Waals surface area contributed by atoms with Crippen LogP contribution in [-0.4, -0.2) is 28.3 Å². The second-order valence-electron chi connectivity index (χ2n) is 6.00. The average molecular weight is 352 g/mol. The van der Waals surface area contributed by atoms with Crippen LogP contribution in [0.3, 0.4) is 0 Å². The third-order valence-corrected chi connectivity index (χ3v) is 4.41. The quantitative estimate of drug-likeness (QED) is 0.754. The molecule has 2 heterocycles. The van der Waals surface area contributed by atoms with Gasteiger partial charge in [0.15, 0.2) is 11.5 Å². The Morgan fingerprint density at radius 2 is 1.92 bits per heavy atom. The van der Waals surface area contributed by atoms with Gasteiger partial charge in [-0.2, -0.15) is 0 Å². The lowest BCUT2D eigenvalue weighted by Gasteiger charge is -2.07. The van der Waals surface area contributed by atoms with Gasteiger partial charge in [-0.15, -0.1) is 0 Å². The number of aromatic carboxylic acids is 1. The van der Waals surface area contributed by atoms with Crippen molar-refractivity contribution >= 4 is 28.5 Å². The van der Waals surface area contributed by atoms with Crippen LogP contribution in [0.2, 0.25) is 0 Å². The summed E-state index contributed by atoms with van der Waals surface area (Å²) in [5.41, 5.74) is 1.95. The van der Waals surface area contributed by atoms with Crippen molar-refractivity contribution in [3.05, 3.63) is 53.7 Å². The highest BCUT2D eigenvalue weighted by Gasteiger charge is 2.22. The molecule has 26 heavy (non-hydrogen) atoms. The Hall–Kier alpha value is -3.48. The van der Waals surface area contributed by atoms with Crippen molar-refractivity contribution < 1.29 is 24.2 Å². The fourth-order valence-electron chi connectivity index (χ4n) is 3.26. The molecule has 0 aliphatic carbocycles. The van der Waals surface area contributed by atoms with Crippen LogP contribution in [0.15, 0.2) is 42.5 Å². The van der Waals surface area contributed by atoms with Gasteiger partial charge >= 0.3 is 5.97 Å². The first-order chi connectivity index (χ1) is 12.5. The summed E-state index contributed by atoms with van der Waals surface area (Å²) >= 11 is 0. The van der Waals surface area contributed by atoms with E-state index >= 15 is 0 Å². The first-order valence-electron chi connectivity index (χ1n) is 8.03. The number of ether oxygens (including phenoxy) is 2. The van der Waals surface area contributed by atoms with E-state index in [9.17, 15) is 14.7 Å². The topological polar surface area (TPSA) is 89.8 Å². The van der Waals surface area contributed by atoms with Crippen LogP contribution in [0, 0.1) is 0 Å². The van der Waals surface area contributed by atoms with Crippen molar-refractivity contribution in [1.82, 2.24) is 4.57 Å². The smallest absolute Gasteiger partial charge is 0.352 e. The molecule has 1 aliphatic heterocycles. The summed E-state index contributed by atoms with van der Waals surface area (Å²) in [4.78, 5) is 24.2. The predicted octanol–water partition coefficient (Wildman–Crippen LogP) is 2.79. The van der Waals surface area contributed by atoms with E-state index in [4.69, 9.17) is 9.47 Å². The molecular weight excluding hydrogens is 336 g/mol. The first-order valence-corrected chi connectivity index (χ1v) is 8.03.